The average Bonchev–Trinajstić information content (AvgIpc) is 1.97. The van der Waals surface area contributed by atoms with Gasteiger partial charge in [-0.15, -0.1) is 12.1 Å². The summed E-state index contributed by atoms with van der Waals surface area (Å²) in [5, 5.41) is 7.21. The van der Waals surface area contributed by atoms with E-state index in [1.165, 1.54) is 11.6 Å². The minimum atomic E-state index is 0. The van der Waals surface area contributed by atoms with Gasteiger partial charge in [0.2, 0.25) is 0 Å². The molecule has 2 nitrogen and oxygen atoms in total. The first-order valence-corrected chi connectivity index (χ1v) is 3.10. The van der Waals surface area contributed by atoms with E-state index in [2.05, 4.69) is 13.0 Å². The van der Waals surface area contributed by atoms with Gasteiger partial charge >= 0.3 is 21.1 Å². The molecule has 0 spiro atoms. The number of hydrogen-bond acceptors (Lipinski definition) is 2. The molecule has 0 aliphatic rings. The number of nitrogens with two attached hydrogens (primary N) is 1. The first-order chi connectivity index (χ1) is 5.20. The zero-order valence-corrected chi connectivity index (χ0v) is 9.81. The Labute approximate surface area is 87.7 Å². The van der Waals surface area contributed by atoms with Crippen LogP contribution in [-0.2, 0) is 21.1 Å². The summed E-state index contributed by atoms with van der Waals surface area (Å²) in [5.74, 6) is 0. The number of aryl methyl sites for hydroxylation is 1. The van der Waals surface area contributed by atoms with Gasteiger partial charge in [0.15, 0.2) is 0 Å². The predicted molar refractivity (Wildman–Crippen MR) is 45.4 cm³/mol. The zero-order chi connectivity index (χ0) is 8.69. The van der Waals surface area contributed by atoms with Crippen LogP contribution in [0.15, 0.2) is 18.2 Å². The molecule has 0 aliphatic heterocycles. The Hall–Kier alpha value is -0.932. The molecule has 1 aromatic rings. The van der Waals surface area contributed by atoms with Gasteiger partial charge in [-0.2, -0.15) is 23.8 Å². The van der Waals surface area contributed by atoms with Crippen LogP contribution in [0.2, 0.25) is 0 Å². The van der Waals surface area contributed by atoms with Crippen molar-refractivity contribution in [1.82, 2.24) is 0 Å². The molecule has 2 N–H and O–H groups in total. The molecule has 0 radical (unpaired) electrons. The Morgan fingerprint density at radius 2 is 2.08 bits per heavy atom. The van der Waals surface area contributed by atoms with Gasteiger partial charge in [0.25, 0.3) is 0 Å². The summed E-state index contributed by atoms with van der Waals surface area (Å²) < 4.78 is 0. The topological polar surface area (TPSA) is 49.8 Å². The molecule has 0 fully saturated rings. The third-order valence-corrected chi connectivity index (χ3v) is 0.992. The third-order valence-electron chi connectivity index (χ3n) is 0.992. The van der Waals surface area contributed by atoms with Crippen molar-refractivity contribution in [1.29, 1.82) is 5.26 Å². The van der Waals surface area contributed by atoms with Crippen LogP contribution >= 0.6 is 0 Å². The monoisotopic (exact) mass is 330 g/mol. The molecule has 3 heteroatoms. The van der Waals surface area contributed by atoms with Gasteiger partial charge in [-0.3, -0.25) is 0 Å². The number of nitrogen functional groups attached to an aromatic ring is 1. The molecule has 0 bridgehead atoms. The number of hydrogen-bond donors (Lipinski definition) is 1. The van der Waals surface area contributed by atoms with Crippen molar-refractivity contribution >= 4 is 5.69 Å². The van der Waals surface area contributed by atoms with Gasteiger partial charge in [-0.1, -0.05) is 12.6 Å². The van der Waals surface area contributed by atoms with Crippen LogP contribution in [-0.4, -0.2) is 0 Å². The van der Waals surface area contributed by atoms with Crippen LogP contribution in [0, 0.1) is 31.2 Å². The molecule has 0 unspecified atom stereocenters. The number of nitrogens with zero attached hydrogens (tertiary/aromatic N) is 1. The standard InChI is InChI=1S/C7H8N.C2H2N.W/c1-6-2-4-7(8)5-3-6;1-2-3;/h2-4H,8H2,1H3;1H2;/q2*-1;+2. The van der Waals surface area contributed by atoms with E-state index in [1.807, 2.05) is 25.1 Å². The van der Waals surface area contributed by atoms with Crippen LogP contribution in [0.5, 0.6) is 0 Å². The van der Waals surface area contributed by atoms with E-state index in [0.29, 0.717) is 5.69 Å². The smallest absolute Gasteiger partial charge is 0.420 e. The van der Waals surface area contributed by atoms with Crippen LogP contribution in [0.4, 0.5) is 5.69 Å². The molecule has 12 heavy (non-hydrogen) atoms. The summed E-state index contributed by atoms with van der Waals surface area (Å²) in [7, 11) is 0. The minimum Gasteiger partial charge on any atom is -0.420 e. The Bertz CT molecular complexity index is 215. The predicted octanol–water partition coefficient (Wildman–Crippen LogP) is 1.72. The molecule has 1 rings (SSSR count). The molecule has 1 aromatic carbocycles. The average molecular weight is 330 g/mol. The number of benzene rings is 1. The van der Waals surface area contributed by atoms with Crippen LogP contribution in [0.25, 0.3) is 0 Å². The van der Waals surface area contributed by atoms with Crippen molar-refractivity contribution in [2.45, 2.75) is 6.92 Å². The Morgan fingerprint density at radius 1 is 1.58 bits per heavy atom. The van der Waals surface area contributed by atoms with Crippen LogP contribution < -0.4 is 5.73 Å². The molecule has 0 atom stereocenters. The Morgan fingerprint density at radius 3 is 2.33 bits per heavy atom. The fraction of sp³-hybridized carbons (Fsp3) is 0.111. The fourth-order valence-electron chi connectivity index (χ4n) is 0.515. The number of rotatable bonds is 0. The first-order valence-electron chi connectivity index (χ1n) is 3.10. The number of nitriles is 1. The summed E-state index contributed by atoms with van der Waals surface area (Å²) in [6.07, 6.45) is 0. The first kappa shape index (κ1) is 13.6. The van der Waals surface area contributed by atoms with E-state index in [0.717, 1.165) is 0 Å². The molecular formula is C9H10N2W. The fourth-order valence-corrected chi connectivity index (χ4v) is 0.515. The van der Waals surface area contributed by atoms with Crippen molar-refractivity contribution in [2.24, 2.45) is 0 Å². The third kappa shape index (κ3) is 7.18. The molecular weight excluding hydrogens is 320 g/mol. The number of anilines is 1. The van der Waals surface area contributed by atoms with Crippen molar-refractivity contribution < 1.29 is 21.1 Å². The second-order valence-electron chi connectivity index (χ2n) is 1.98. The molecule has 62 valence electrons. The normalized spacial score (nSPS) is 6.67. The van der Waals surface area contributed by atoms with Gasteiger partial charge in [0, 0.05) is 0 Å². The van der Waals surface area contributed by atoms with Crippen molar-refractivity contribution in [3.63, 3.8) is 0 Å². The molecule has 0 saturated heterocycles. The van der Waals surface area contributed by atoms with E-state index in [-0.39, 0.29) is 21.1 Å². The molecule has 0 amide bonds. The van der Waals surface area contributed by atoms with E-state index in [1.54, 1.807) is 0 Å². The van der Waals surface area contributed by atoms with Gasteiger partial charge < -0.3 is 12.7 Å². The summed E-state index contributed by atoms with van der Waals surface area (Å²) in [6, 6.07) is 10.1. The SMILES string of the molecule is Cc1c[c-]c(N)cc1.[CH2-]C#N.[W+2]. The second-order valence-corrected chi connectivity index (χ2v) is 1.98. The molecule has 0 heterocycles. The summed E-state index contributed by atoms with van der Waals surface area (Å²) in [4.78, 5) is 0. The maximum Gasteiger partial charge on any atom is 2.00 e. The summed E-state index contributed by atoms with van der Waals surface area (Å²) in [6.45, 7) is 4.80. The second kappa shape index (κ2) is 8.17. The molecule has 0 aromatic heterocycles. The van der Waals surface area contributed by atoms with Gasteiger partial charge in [0.05, 0.1) is 0 Å². The quantitative estimate of drug-likeness (QED) is 0.582. The van der Waals surface area contributed by atoms with E-state index in [4.69, 9.17) is 11.0 Å². The van der Waals surface area contributed by atoms with E-state index >= 15 is 0 Å². The van der Waals surface area contributed by atoms with Crippen LogP contribution in [0.3, 0.4) is 0 Å². The van der Waals surface area contributed by atoms with Crippen molar-refractivity contribution in [3.05, 3.63) is 36.8 Å². The maximum atomic E-state index is 7.21. The van der Waals surface area contributed by atoms with Gasteiger partial charge in [-0.05, 0) is 0 Å². The van der Waals surface area contributed by atoms with Gasteiger partial charge in [0.1, 0.15) is 0 Å². The summed E-state index contributed by atoms with van der Waals surface area (Å²) in [5.41, 5.74) is 7.27. The van der Waals surface area contributed by atoms with E-state index in [9.17, 15) is 0 Å². The molecule has 0 aliphatic carbocycles. The van der Waals surface area contributed by atoms with Crippen LogP contribution in [0.1, 0.15) is 5.56 Å². The summed E-state index contributed by atoms with van der Waals surface area (Å²) >= 11 is 0. The van der Waals surface area contributed by atoms with Crippen molar-refractivity contribution in [3.8, 4) is 6.07 Å². The largest absolute Gasteiger partial charge is 2.00 e. The Balaban J connectivity index is 0. The Kier molecular flexibility index (Phi) is 9.29. The maximum absolute atomic E-state index is 7.21. The van der Waals surface area contributed by atoms with Crippen molar-refractivity contribution in [2.75, 3.05) is 5.73 Å². The molecule has 0 saturated carbocycles. The zero-order valence-electron chi connectivity index (χ0n) is 6.87. The minimum absolute atomic E-state index is 0. The van der Waals surface area contributed by atoms with E-state index < -0.39 is 0 Å². The van der Waals surface area contributed by atoms with Gasteiger partial charge in [-0.25, -0.2) is 5.26 Å².